The summed E-state index contributed by atoms with van der Waals surface area (Å²) in [7, 11) is 0. The fourth-order valence-corrected chi connectivity index (χ4v) is 10.7. The molecule has 3 aliphatic rings. The van der Waals surface area contributed by atoms with Crippen LogP contribution in [-0.2, 0) is 33.2 Å². The van der Waals surface area contributed by atoms with E-state index in [1.54, 1.807) is 0 Å². The van der Waals surface area contributed by atoms with Crippen LogP contribution in [0.1, 0.15) is 213 Å². The number of unbranched alkanes of at least 4 members (excludes halogenated alkanes) is 23. The Bertz CT molecular complexity index is 1680. The van der Waals surface area contributed by atoms with Gasteiger partial charge in [0.05, 0.1) is 38.6 Å². The molecule has 17 unspecified atom stereocenters. The summed E-state index contributed by atoms with van der Waals surface area (Å²) in [5.41, 5.74) is 0. The molecule has 3 heterocycles. The quantitative estimate of drug-likeness (QED) is 0.0224. The van der Waals surface area contributed by atoms with E-state index in [9.17, 15) is 61.0 Å². The highest BCUT2D eigenvalue weighted by molar-refractivity contribution is 5.76. The number of carbonyl (C=O) groups is 1. The van der Waals surface area contributed by atoms with Gasteiger partial charge >= 0.3 is 0 Å². The van der Waals surface area contributed by atoms with E-state index in [0.29, 0.717) is 12.8 Å². The number of hydrogen-bond acceptors (Lipinski definition) is 18. The number of carbonyl (C=O) groups excluding carboxylic acids is 1. The van der Waals surface area contributed by atoms with Gasteiger partial charge in [-0.15, -0.1) is 0 Å². The summed E-state index contributed by atoms with van der Waals surface area (Å²) < 4.78 is 34.3. The summed E-state index contributed by atoms with van der Waals surface area (Å²) in [5, 5.41) is 120. The smallest absolute Gasteiger partial charge is 0.220 e. The molecular weight excluding hydrogens is 1060 g/mol. The largest absolute Gasteiger partial charge is 0.394 e. The van der Waals surface area contributed by atoms with Crippen molar-refractivity contribution in [1.29, 1.82) is 0 Å². The molecule has 0 aromatic heterocycles. The predicted molar refractivity (Wildman–Crippen MR) is 314 cm³/mol. The molecule has 3 rings (SSSR count). The van der Waals surface area contributed by atoms with Crippen LogP contribution in [0, 0.1) is 0 Å². The number of amides is 1. The van der Waals surface area contributed by atoms with Gasteiger partial charge in [-0.2, -0.15) is 0 Å². The second kappa shape index (κ2) is 46.0. The van der Waals surface area contributed by atoms with Crippen molar-refractivity contribution in [3.8, 4) is 0 Å². The number of allylic oxidation sites excluding steroid dienone is 8. The third kappa shape index (κ3) is 29.0. The molecule has 0 aromatic rings. The van der Waals surface area contributed by atoms with Crippen molar-refractivity contribution in [2.45, 2.75) is 317 Å². The molecule has 0 saturated carbocycles. The van der Waals surface area contributed by atoms with E-state index in [1.165, 1.54) is 89.9 Å². The van der Waals surface area contributed by atoms with Crippen molar-refractivity contribution >= 4 is 5.91 Å². The molecule has 1 amide bonds. The number of hydrogen-bond donors (Lipinski definition) is 12. The maximum absolute atomic E-state index is 13.4. The first-order chi connectivity index (χ1) is 39.8. The zero-order valence-corrected chi connectivity index (χ0v) is 50.0. The maximum Gasteiger partial charge on any atom is 0.220 e. The average molecular weight is 1170 g/mol. The normalized spacial score (nSPS) is 29.9. The highest BCUT2D eigenvalue weighted by atomic mass is 16.8. The second-order valence-corrected chi connectivity index (χ2v) is 22.8. The zero-order chi connectivity index (χ0) is 59.7. The van der Waals surface area contributed by atoms with E-state index in [0.717, 1.165) is 89.9 Å². The van der Waals surface area contributed by atoms with Crippen LogP contribution in [0.5, 0.6) is 0 Å². The highest BCUT2D eigenvalue weighted by Crippen LogP contribution is 2.33. The molecule has 3 saturated heterocycles. The van der Waals surface area contributed by atoms with Gasteiger partial charge in [0, 0.05) is 6.42 Å². The van der Waals surface area contributed by atoms with Gasteiger partial charge in [-0.05, 0) is 51.4 Å². The Morgan fingerprint density at radius 1 is 0.451 bits per heavy atom. The zero-order valence-electron chi connectivity index (χ0n) is 50.0. The highest BCUT2D eigenvalue weighted by Gasteiger charge is 2.53. The third-order valence-electron chi connectivity index (χ3n) is 15.9. The van der Waals surface area contributed by atoms with Crippen LogP contribution in [0.4, 0.5) is 0 Å². The summed E-state index contributed by atoms with van der Waals surface area (Å²) in [6.45, 7) is 1.67. The van der Waals surface area contributed by atoms with Crippen LogP contribution < -0.4 is 5.32 Å². The lowest BCUT2D eigenvalue weighted by Gasteiger charge is -2.48. The summed E-state index contributed by atoms with van der Waals surface area (Å²) in [4.78, 5) is 13.4. The first-order valence-corrected chi connectivity index (χ1v) is 31.9. The Labute approximate surface area is 491 Å². The minimum atomic E-state index is -1.97. The van der Waals surface area contributed by atoms with Crippen molar-refractivity contribution in [1.82, 2.24) is 5.32 Å². The Hall–Kier alpha value is -2.25. The van der Waals surface area contributed by atoms with Gasteiger partial charge in [0.1, 0.15) is 73.2 Å². The van der Waals surface area contributed by atoms with E-state index in [-0.39, 0.29) is 18.9 Å². The Balaban J connectivity index is 1.48. The number of aliphatic hydroxyl groups is 11. The van der Waals surface area contributed by atoms with E-state index in [1.807, 2.05) is 0 Å². The number of ether oxygens (including phenoxy) is 6. The average Bonchev–Trinajstić information content (AvgIpc) is 3.39. The van der Waals surface area contributed by atoms with Crippen LogP contribution in [0.25, 0.3) is 0 Å². The topological polar surface area (TPSA) is 307 Å². The fourth-order valence-electron chi connectivity index (χ4n) is 10.7. The lowest BCUT2D eigenvalue weighted by molar-refractivity contribution is -0.379. The standard InChI is InChI=1S/C63H113NO18/c1-3-5-7-9-11-13-15-17-19-21-23-25-27-29-31-33-35-37-39-41-51(69)64-46(47(68)40-38-36-34-32-30-28-26-24-22-20-18-16-14-12-10-8-6-4-2)45-77-61-57(75)54(72)59(49(43-66)79-61)82-63-58(76)55(73)60(50(44-67)80-63)81-62-56(74)53(71)52(70)48(42-65)78-62/h5,7,11,13,17,19,23,25,46-50,52-63,65-68,70-76H,3-4,6,8-10,12,14-16,18,20-22,24,26-45H2,1-2H3,(H,64,69)/b7-5-,13-11-,19-17-,25-23-. The van der Waals surface area contributed by atoms with Gasteiger partial charge in [0.15, 0.2) is 18.9 Å². The van der Waals surface area contributed by atoms with Crippen molar-refractivity contribution in [3.63, 3.8) is 0 Å². The predicted octanol–water partition coefficient (Wildman–Crippen LogP) is 6.65. The van der Waals surface area contributed by atoms with Crippen LogP contribution in [-0.4, -0.2) is 193 Å². The van der Waals surface area contributed by atoms with Gasteiger partial charge in [0.25, 0.3) is 0 Å². The maximum atomic E-state index is 13.4. The summed E-state index contributed by atoms with van der Waals surface area (Å²) in [5.74, 6) is -0.258. The molecule has 19 nitrogen and oxygen atoms in total. The molecule has 0 spiro atoms. The van der Waals surface area contributed by atoms with E-state index >= 15 is 0 Å². The summed E-state index contributed by atoms with van der Waals surface area (Å²) in [6.07, 6.45) is 24.7. The molecule has 0 bridgehead atoms. The van der Waals surface area contributed by atoms with Crippen LogP contribution in [0.3, 0.4) is 0 Å². The van der Waals surface area contributed by atoms with Crippen molar-refractivity contribution in [2.75, 3.05) is 26.4 Å². The van der Waals surface area contributed by atoms with Crippen molar-refractivity contribution in [3.05, 3.63) is 48.6 Å². The van der Waals surface area contributed by atoms with Gasteiger partial charge < -0.3 is 89.9 Å². The molecule has 0 radical (unpaired) electrons. The van der Waals surface area contributed by atoms with E-state index < -0.39 is 124 Å². The summed E-state index contributed by atoms with van der Waals surface area (Å²) >= 11 is 0. The molecule has 12 N–H and O–H groups in total. The minimum Gasteiger partial charge on any atom is -0.394 e. The number of nitrogens with one attached hydrogen (secondary N) is 1. The molecule has 3 aliphatic heterocycles. The van der Waals surface area contributed by atoms with Gasteiger partial charge in [-0.3, -0.25) is 4.79 Å². The van der Waals surface area contributed by atoms with Gasteiger partial charge in [0.2, 0.25) is 5.91 Å². The SMILES string of the molecule is CC/C=C\C/C=C\C/C=C\C/C=C\CCCCCCCCC(=O)NC(COC1OC(CO)C(OC2OC(CO)C(OC3OC(CO)C(O)C(O)C3O)C(O)C2O)C(O)C1O)C(O)CCCCCCCCCCCCCCCCCCCC. The molecule has 19 heteroatoms. The number of aliphatic hydroxyl groups excluding tert-OH is 11. The monoisotopic (exact) mass is 1170 g/mol. The van der Waals surface area contributed by atoms with Crippen molar-refractivity contribution < 1.29 is 89.4 Å². The third-order valence-corrected chi connectivity index (χ3v) is 15.9. The van der Waals surface area contributed by atoms with Crippen LogP contribution in [0.2, 0.25) is 0 Å². The Morgan fingerprint density at radius 3 is 1.32 bits per heavy atom. The van der Waals surface area contributed by atoms with Crippen molar-refractivity contribution in [2.24, 2.45) is 0 Å². The molecule has 82 heavy (non-hydrogen) atoms. The lowest BCUT2D eigenvalue weighted by Crippen LogP contribution is -2.66. The Kier molecular flexibility index (Phi) is 41.5. The fraction of sp³-hybridized carbons (Fsp3) is 0.857. The van der Waals surface area contributed by atoms with E-state index in [2.05, 4.69) is 67.8 Å². The molecule has 3 fully saturated rings. The van der Waals surface area contributed by atoms with Crippen LogP contribution >= 0.6 is 0 Å². The molecular formula is C63H113NO18. The Morgan fingerprint density at radius 2 is 0.841 bits per heavy atom. The summed E-state index contributed by atoms with van der Waals surface area (Å²) in [6, 6.07) is -0.896. The minimum absolute atomic E-state index is 0.249. The lowest BCUT2D eigenvalue weighted by atomic mass is 9.96. The van der Waals surface area contributed by atoms with Crippen LogP contribution in [0.15, 0.2) is 48.6 Å². The number of rotatable bonds is 47. The molecule has 0 aliphatic carbocycles. The molecule has 17 atom stereocenters. The first kappa shape index (κ1) is 74.0. The van der Waals surface area contributed by atoms with Gasteiger partial charge in [-0.1, -0.05) is 204 Å². The second-order valence-electron chi connectivity index (χ2n) is 22.8. The first-order valence-electron chi connectivity index (χ1n) is 31.9. The van der Waals surface area contributed by atoms with Gasteiger partial charge in [-0.25, -0.2) is 0 Å². The molecule has 478 valence electrons. The molecule has 0 aromatic carbocycles. The van der Waals surface area contributed by atoms with E-state index in [4.69, 9.17) is 28.4 Å².